The third-order valence-electron chi connectivity index (χ3n) is 0.158. The van der Waals surface area contributed by atoms with Crippen molar-refractivity contribution in [1.29, 1.82) is 0 Å². The average molecular weight is 271 g/mol. The molecule has 0 aliphatic heterocycles. The maximum atomic E-state index is 7.81. The van der Waals surface area contributed by atoms with Gasteiger partial charge in [-0.05, 0) is 6.42 Å². The number of hydrogen-bond acceptors (Lipinski definition) is 1. The number of rotatable bonds is 1. The van der Waals surface area contributed by atoms with Crippen LogP contribution in [-0.2, 0) is 0 Å². The largest absolute Gasteiger partial charge is 0.396 e. The van der Waals surface area contributed by atoms with E-state index in [9.17, 15) is 0 Å². The van der Waals surface area contributed by atoms with E-state index in [1.165, 1.54) is 0 Å². The summed E-state index contributed by atoms with van der Waals surface area (Å²) in [5.74, 6) is 0. The number of hydrogen-bond donors (Lipinski definition) is 1. The molecule has 33 valence electrons. The summed E-state index contributed by atoms with van der Waals surface area (Å²) in [7, 11) is 0. The summed E-state index contributed by atoms with van der Waals surface area (Å²) < 4.78 is 0. The zero-order valence-electron chi connectivity index (χ0n) is 3.28. The van der Waals surface area contributed by atoms with E-state index < -0.39 is 0 Å². The molecule has 0 unspecified atom stereocenters. The third kappa shape index (κ3) is 11.5. The van der Waals surface area contributed by atoms with Gasteiger partial charge in [-0.1, -0.05) is 6.92 Å². The summed E-state index contributed by atoms with van der Waals surface area (Å²) >= 11 is 0. The first kappa shape index (κ1) is 9.28. The molecule has 0 aliphatic rings. The van der Waals surface area contributed by atoms with Crippen LogP contribution in [0.2, 0.25) is 0 Å². The minimum absolute atomic E-state index is 0. The molecular weight excluding hydrogens is 261 g/mol. The van der Waals surface area contributed by atoms with Crippen molar-refractivity contribution < 1.29 is 5.11 Å². The van der Waals surface area contributed by atoms with E-state index in [2.05, 4.69) is 6.92 Å². The Kier molecular flexibility index (Phi) is 16.4. The van der Waals surface area contributed by atoms with Gasteiger partial charge >= 0.3 is 26.2 Å². The molecule has 0 fully saturated rings. The van der Waals surface area contributed by atoms with Crippen LogP contribution in [0.15, 0.2) is 0 Å². The van der Waals surface area contributed by atoms with Gasteiger partial charge in [0.2, 0.25) is 0 Å². The van der Waals surface area contributed by atoms with E-state index in [0.717, 1.165) is 0 Å². The van der Waals surface area contributed by atoms with Gasteiger partial charge in [0, 0.05) is 6.61 Å². The molecule has 0 atom stereocenters. The van der Waals surface area contributed by atoms with Crippen LogP contribution >= 0.6 is 0 Å². The van der Waals surface area contributed by atoms with Gasteiger partial charge in [-0.2, -0.15) is 0 Å². The van der Waals surface area contributed by atoms with Gasteiger partial charge in [-0.15, -0.1) is 0 Å². The molecule has 0 aliphatic carbocycles. The quantitative estimate of drug-likeness (QED) is 0.608. The van der Waals surface area contributed by atoms with Crippen molar-refractivity contribution >= 4 is 26.2 Å². The molecule has 1 radical (unpaired) electrons. The van der Waals surface area contributed by atoms with Crippen LogP contribution in [0.25, 0.3) is 0 Å². The molecule has 0 amide bonds. The van der Waals surface area contributed by atoms with Gasteiger partial charge in [-0.3, -0.25) is 0 Å². The molecule has 0 saturated carbocycles. The first-order chi connectivity index (χ1) is 1.91. The van der Waals surface area contributed by atoms with Crippen molar-refractivity contribution in [2.75, 3.05) is 6.61 Å². The normalized spacial score (nSPS) is 6.00. The Morgan fingerprint density at radius 3 is 1.80 bits per heavy atom. The monoisotopic (exact) mass is 271 g/mol. The first-order valence-corrected chi connectivity index (χ1v) is 1.32. The van der Waals surface area contributed by atoms with E-state index in [1.54, 1.807) is 0 Å². The van der Waals surface area contributed by atoms with E-state index in [4.69, 9.17) is 5.11 Å². The van der Waals surface area contributed by atoms with Gasteiger partial charge in [0.1, 0.15) is 0 Å². The van der Waals surface area contributed by atoms with E-state index in [0.29, 0.717) is 6.42 Å². The summed E-state index contributed by atoms with van der Waals surface area (Å²) in [5, 5.41) is 7.81. The molecule has 1 N–H and O–H groups in total. The van der Waals surface area contributed by atoms with Crippen LogP contribution in [0, 0.1) is 6.92 Å². The third-order valence-corrected chi connectivity index (χ3v) is 0.158. The van der Waals surface area contributed by atoms with Crippen LogP contribution in [-0.4, -0.2) is 37.9 Å². The standard InChI is InChI=1S/C3H7O.Bi.3H/c1-2-3-4;;;;/h4H,1-3H2;;;;. The second kappa shape index (κ2) is 8.85. The molecular formula is C3H10BiO. The Balaban J connectivity index is 0. The van der Waals surface area contributed by atoms with Gasteiger partial charge in [0.05, 0.1) is 0 Å². The van der Waals surface area contributed by atoms with Gasteiger partial charge < -0.3 is 5.11 Å². The SMILES string of the molecule is [BiH3].[CH2]CCO. The van der Waals surface area contributed by atoms with Crippen LogP contribution in [0.1, 0.15) is 6.42 Å². The Bertz CT molecular complexity index is 8.85. The molecule has 1 nitrogen and oxygen atoms in total. The Hall–Kier alpha value is 0.843. The smallest absolute Gasteiger partial charge is 0.0431 e. The van der Waals surface area contributed by atoms with Crippen molar-refractivity contribution in [3.8, 4) is 0 Å². The predicted molar refractivity (Wildman–Crippen MR) is 27.0 cm³/mol. The molecule has 2 heteroatoms. The Morgan fingerprint density at radius 1 is 1.60 bits per heavy atom. The molecule has 0 aromatic rings. The minimum atomic E-state index is 0. The Labute approximate surface area is 51.5 Å². The fraction of sp³-hybridized carbons (Fsp3) is 0.667. The summed E-state index contributed by atoms with van der Waals surface area (Å²) in [6.45, 7) is 3.56. The molecule has 0 aromatic heterocycles. The van der Waals surface area contributed by atoms with E-state index >= 15 is 0 Å². The topological polar surface area (TPSA) is 20.2 Å². The molecule has 0 heterocycles. The molecule has 0 aromatic carbocycles. The fourth-order valence-corrected chi connectivity index (χ4v) is 0. The van der Waals surface area contributed by atoms with Crippen LogP contribution in [0.4, 0.5) is 0 Å². The molecule has 5 heavy (non-hydrogen) atoms. The van der Waals surface area contributed by atoms with Gasteiger partial charge in [-0.25, -0.2) is 0 Å². The van der Waals surface area contributed by atoms with E-state index in [1.807, 2.05) is 0 Å². The molecule has 0 rings (SSSR count). The van der Waals surface area contributed by atoms with Crippen LogP contribution < -0.4 is 0 Å². The fourth-order valence-electron chi connectivity index (χ4n) is 0. The molecule has 0 spiro atoms. The van der Waals surface area contributed by atoms with Crippen molar-refractivity contribution in [1.82, 2.24) is 0 Å². The summed E-state index contributed by atoms with van der Waals surface area (Å²) in [6.07, 6.45) is 0.625. The summed E-state index contributed by atoms with van der Waals surface area (Å²) in [4.78, 5) is 0. The van der Waals surface area contributed by atoms with Crippen molar-refractivity contribution in [3.63, 3.8) is 0 Å². The van der Waals surface area contributed by atoms with E-state index in [-0.39, 0.29) is 32.8 Å². The summed E-state index contributed by atoms with van der Waals surface area (Å²) in [5.41, 5.74) is 0. The second-order valence-electron chi connectivity index (χ2n) is 0.577. The van der Waals surface area contributed by atoms with Crippen molar-refractivity contribution in [3.05, 3.63) is 6.92 Å². The van der Waals surface area contributed by atoms with Crippen LogP contribution in [0.3, 0.4) is 0 Å². The van der Waals surface area contributed by atoms with Crippen molar-refractivity contribution in [2.24, 2.45) is 0 Å². The van der Waals surface area contributed by atoms with Gasteiger partial charge in [0.15, 0.2) is 0 Å². The Morgan fingerprint density at radius 2 is 1.80 bits per heavy atom. The predicted octanol–water partition coefficient (Wildman–Crippen LogP) is -0.981. The first-order valence-electron chi connectivity index (χ1n) is 1.32. The zero-order valence-corrected chi connectivity index (χ0v) is 8.77. The van der Waals surface area contributed by atoms with Gasteiger partial charge in [0.25, 0.3) is 0 Å². The average Bonchev–Trinajstić information content (AvgIpc) is 1.37. The number of aliphatic hydroxyl groups excluding tert-OH is 1. The minimum Gasteiger partial charge on any atom is -0.396 e. The second-order valence-corrected chi connectivity index (χ2v) is 0.577. The maximum Gasteiger partial charge on any atom is 0.0431 e. The maximum absolute atomic E-state index is 7.81. The van der Waals surface area contributed by atoms with Crippen molar-refractivity contribution in [2.45, 2.75) is 6.42 Å². The van der Waals surface area contributed by atoms with Crippen LogP contribution in [0.5, 0.6) is 0 Å². The number of aliphatic hydroxyl groups is 1. The zero-order chi connectivity index (χ0) is 3.41. The molecule has 0 saturated heterocycles. The summed E-state index contributed by atoms with van der Waals surface area (Å²) in [6, 6.07) is 0. The molecule has 0 bridgehead atoms.